The van der Waals surface area contributed by atoms with E-state index in [-0.39, 0.29) is 5.75 Å². The third-order valence-electron chi connectivity index (χ3n) is 1.26. The van der Waals surface area contributed by atoms with E-state index in [1.165, 1.54) is 12.1 Å². The molecule has 0 aliphatic carbocycles. The molecule has 0 amide bonds. The molecule has 0 saturated heterocycles. The van der Waals surface area contributed by atoms with Crippen LogP contribution in [0.4, 0.5) is 8.78 Å². The Morgan fingerprint density at radius 2 is 1.73 bits per heavy atom. The van der Waals surface area contributed by atoms with E-state index in [1.807, 2.05) is 0 Å². The van der Waals surface area contributed by atoms with Crippen molar-refractivity contribution in [2.75, 3.05) is 0 Å². The van der Waals surface area contributed by atoms with E-state index in [9.17, 15) is 8.78 Å². The summed E-state index contributed by atoms with van der Waals surface area (Å²) in [7, 11) is 1.80. The molecule has 1 atom stereocenters. The molecule has 0 bridgehead atoms. The van der Waals surface area contributed by atoms with Crippen molar-refractivity contribution in [1.82, 2.24) is 0 Å². The van der Waals surface area contributed by atoms with E-state index in [1.54, 1.807) is 16.4 Å². The number of benzene rings is 1. The van der Waals surface area contributed by atoms with Crippen LogP contribution in [0.5, 0.6) is 5.75 Å². The minimum absolute atomic E-state index is 0.361. The summed E-state index contributed by atoms with van der Waals surface area (Å²) in [5.74, 6) is -1.73. The quantitative estimate of drug-likeness (QED) is 0.597. The molecule has 1 unspecified atom stereocenters. The van der Waals surface area contributed by atoms with Crippen LogP contribution in [0.2, 0.25) is 0 Å². The molecule has 0 radical (unpaired) electrons. The molecule has 0 aliphatic rings. The predicted octanol–water partition coefficient (Wildman–Crippen LogP) is 2.44. The molecule has 4 heteroatoms. The van der Waals surface area contributed by atoms with Gasteiger partial charge in [-0.1, -0.05) is 0 Å². The maximum atomic E-state index is 12.7. The van der Waals surface area contributed by atoms with Crippen LogP contribution in [0.25, 0.3) is 0 Å². The predicted molar refractivity (Wildman–Crippen MR) is 41.4 cm³/mol. The van der Waals surface area contributed by atoms with E-state index in [0.29, 0.717) is 5.56 Å². The fourth-order valence-corrected chi connectivity index (χ4v) is 1.02. The molecule has 1 aromatic carbocycles. The van der Waals surface area contributed by atoms with E-state index in [2.05, 4.69) is 4.52 Å². The van der Waals surface area contributed by atoms with Crippen molar-refractivity contribution in [3.63, 3.8) is 0 Å². The first kappa shape index (κ1) is 8.41. The van der Waals surface area contributed by atoms with Gasteiger partial charge in [-0.15, -0.1) is 0 Å². The number of hydrogen-bond donors (Lipinski definition) is 0. The van der Waals surface area contributed by atoms with Crippen LogP contribution in [0.3, 0.4) is 0 Å². The van der Waals surface area contributed by atoms with Gasteiger partial charge in [-0.3, -0.25) is 0 Å². The third-order valence-corrected chi connectivity index (χ3v) is 1.50. The van der Waals surface area contributed by atoms with Gasteiger partial charge in [0.2, 0.25) is 0 Å². The Labute approximate surface area is 65.7 Å². The van der Waals surface area contributed by atoms with Crippen LogP contribution < -0.4 is 4.52 Å². The highest BCUT2D eigenvalue weighted by molar-refractivity contribution is 7.10. The molecule has 0 spiro atoms. The summed E-state index contributed by atoms with van der Waals surface area (Å²) < 4.78 is 29.9. The number of aryl methyl sites for hydroxylation is 1. The molecule has 0 N–H and O–H groups in total. The minimum atomic E-state index is -0.683. The zero-order chi connectivity index (χ0) is 8.43. The molecule has 1 nitrogen and oxygen atoms in total. The lowest BCUT2D eigenvalue weighted by Gasteiger charge is -2.02. The number of halogens is 2. The Hall–Kier alpha value is -0.690. The molecule has 0 heterocycles. The second kappa shape index (κ2) is 3.14. The lowest BCUT2D eigenvalue weighted by atomic mass is 10.2. The fourth-order valence-electron chi connectivity index (χ4n) is 0.799. The molecule has 0 fully saturated rings. The van der Waals surface area contributed by atoms with Crippen LogP contribution in [0, 0.1) is 18.6 Å². The zero-order valence-electron chi connectivity index (χ0n) is 5.90. The maximum Gasteiger partial charge on any atom is 0.193 e. The second-order valence-electron chi connectivity index (χ2n) is 2.18. The van der Waals surface area contributed by atoms with Gasteiger partial charge in [0.1, 0.15) is 0 Å². The van der Waals surface area contributed by atoms with Gasteiger partial charge in [0.05, 0.1) is 9.47 Å². The highest BCUT2D eigenvalue weighted by atomic mass is 31.0. The normalized spacial score (nSPS) is 9.82. The molecule has 60 valence electrons. The summed E-state index contributed by atoms with van der Waals surface area (Å²) in [6, 6.07) is 2.42. The van der Waals surface area contributed by atoms with Crippen LogP contribution in [-0.2, 0) is 0 Å². The summed E-state index contributed by atoms with van der Waals surface area (Å²) in [6.07, 6.45) is 0. The van der Waals surface area contributed by atoms with Crippen molar-refractivity contribution >= 4 is 9.47 Å². The molecular formula is C7H7F2OP. The van der Waals surface area contributed by atoms with Crippen molar-refractivity contribution in [3.05, 3.63) is 29.3 Å². The summed E-state index contributed by atoms with van der Waals surface area (Å²) in [5, 5.41) is 0. The molecule has 0 saturated carbocycles. The average Bonchev–Trinajstić information content (AvgIpc) is 1.85. The van der Waals surface area contributed by atoms with E-state index < -0.39 is 11.6 Å². The minimum Gasteiger partial charge on any atom is -0.474 e. The van der Waals surface area contributed by atoms with Crippen molar-refractivity contribution in [3.8, 4) is 5.75 Å². The van der Waals surface area contributed by atoms with Crippen LogP contribution in [0.1, 0.15) is 5.56 Å². The number of rotatable bonds is 1. The smallest absolute Gasteiger partial charge is 0.193 e. The highest BCUT2D eigenvalue weighted by Crippen LogP contribution is 2.24. The van der Waals surface area contributed by atoms with Gasteiger partial charge in [-0.05, 0) is 24.6 Å². The summed E-state index contributed by atoms with van der Waals surface area (Å²) >= 11 is 0. The second-order valence-corrected chi connectivity index (χ2v) is 2.41. The van der Waals surface area contributed by atoms with Gasteiger partial charge in [0.15, 0.2) is 17.4 Å². The van der Waals surface area contributed by atoms with E-state index in [4.69, 9.17) is 0 Å². The lowest BCUT2D eigenvalue weighted by Crippen LogP contribution is -1.88. The summed E-state index contributed by atoms with van der Waals surface area (Å²) in [4.78, 5) is 0. The van der Waals surface area contributed by atoms with Crippen molar-refractivity contribution in [1.29, 1.82) is 0 Å². The summed E-state index contributed by atoms with van der Waals surface area (Å²) in [5.41, 5.74) is 0.533. The molecule has 0 aliphatic heterocycles. The Morgan fingerprint density at radius 3 is 2.09 bits per heavy atom. The lowest BCUT2D eigenvalue weighted by molar-refractivity contribution is 0.486. The molecule has 1 rings (SSSR count). The molecule has 11 heavy (non-hydrogen) atoms. The SMILES string of the molecule is Cc1cc(F)c(OP)c(F)c1. The van der Waals surface area contributed by atoms with Crippen LogP contribution >= 0.6 is 9.47 Å². The first-order chi connectivity index (χ1) is 5.15. The standard InChI is InChI=1S/C7H7F2OP/c1-4-2-5(8)7(10-11)6(9)3-4/h2-3H,11H2,1H3. The Bertz CT molecular complexity index is 252. The van der Waals surface area contributed by atoms with Crippen LogP contribution in [0.15, 0.2) is 12.1 Å². The Morgan fingerprint density at radius 1 is 1.27 bits per heavy atom. The summed E-state index contributed by atoms with van der Waals surface area (Å²) in [6.45, 7) is 1.61. The zero-order valence-corrected chi connectivity index (χ0v) is 7.05. The highest BCUT2D eigenvalue weighted by Gasteiger charge is 2.08. The first-order valence-electron chi connectivity index (χ1n) is 2.97. The van der Waals surface area contributed by atoms with Gasteiger partial charge in [-0.25, -0.2) is 8.78 Å². The van der Waals surface area contributed by atoms with Gasteiger partial charge >= 0.3 is 0 Å². The van der Waals surface area contributed by atoms with E-state index >= 15 is 0 Å². The van der Waals surface area contributed by atoms with Crippen molar-refractivity contribution in [2.45, 2.75) is 6.92 Å². The van der Waals surface area contributed by atoms with Crippen molar-refractivity contribution in [2.24, 2.45) is 0 Å². The average molecular weight is 176 g/mol. The van der Waals surface area contributed by atoms with Gasteiger partial charge in [0.25, 0.3) is 0 Å². The topological polar surface area (TPSA) is 9.23 Å². The Kier molecular flexibility index (Phi) is 2.40. The largest absolute Gasteiger partial charge is 0.474 e. The van der Waals surface area contributed by atoms with E-state index in [0.717, 1.165) is 0 Å². The Balaban J connectivity index is 3.25. The van der Waals surface area contributed by atoms with Gasteiger partial charge < -0.3 is 4.52 Å². The first-order valence-corrected chi connectivity index (χ1v) is 3.44. The third kappa shape index (κ3) is 1.66. The number of hydrogen-bond acceptors (Lipinski definition) is 1. The van der Waals surface area contributed by atoms with Gasteiger partial charge in [0, 0.05) is 0 Å². The maximum absolute atomic E-state index is 12.7. The molecule has 0 aromatic heterocycles. The fraction of sp³-hybridized carbons (Fsp3) is 0.143. The van der Waals surface area contributed by atoms with Gasteiger partial charge in [-0.2, -0.15) is 0 Å². The molecule has 1 aromatic rings. The van der Waals surface area contributed by atoms with Crippen LogP contribution in [-0.4, -0.2) is 0 Å². The monoisotopic (exact) mass is 176 g/mol. The van der Waals surface area contributed by atoms with Crippen molar-refractivity contribution < 1.29 is 13.3 Å². The molecular weight excluding hydrogens is 169 g/mol.